The average Bonchev–Trinajstić information content (AvgIpc) is 2.66. The summed E-state index contributed by atoms with van der Waals surface area (Å²) in [6, 6.07) is 0. The first-order chi connectivity index (χ1) is 13.6. The van der Waals surface area contributed by atoms with E-state index in [2.05, 4.69) is 26.0 Å². The number of hydrogen-bond donors (Lipinski definition) is 0. The zero-order valence-corrected chi connectivity index (χ0v) is 18.7. The predicted molar refractivity (Wildman–Crippen MR) is 116 cm³/mol. The zero-order valence-electron chi connectivity index (χ0n) is 18.7. The molecule has 0 N–H and O–H groups in total. The van der Waals surface area contributed by atoms with Gasteiger partial charge in [-0.3, -0.25) is 9.59 Å². The lowest BCUT2D eigenvalue weighted by atomic mass is 10.1. The minimum absolute atomic E-state index is 0.0303. The highest BCUT2D eigenvalue weighted by molar-refractivity contribution is 5.69. The van der Waals surface area contributed by atoms with Crippen molar-refractivity contribution in [3.05, 3.63) is 12.2 Å². The monoisotopic (exact) mass is 396 g/mol. The highest BCUT2D eigenvalue weighted by Crippen LogP contribution is 2.13. The minimum atomic E-state index is -0.178. The fraction of sp³-hybridized carbons (Fsp3) is 0.833. The number of unbranched alkanes of at least 4 members (excludes halogenated alkanes) is 9. The van der Waals surface area contributed by atoms with E-state index in [0.29, 0.717) is 13.0 Å². The van der Waals surface area contributed by atoms with Gasteiger partial charge in [0.15, 0.2) is 0 Å². The van der Waals surface area contributed by atoms with Crippen molar-refractivity contribution in [3.63, 3.8) is 0 Å². The van der Waals surface area contributed by atoms with Gasteiger partial charge in [0.25, 0.3) is 0 Å². The number of rotatable bonds is 19. The lowest BCUT2D eigenvalue weighted by Crippen LogP contribution is -2.15. The van der Waals surface area contributed by atoms with Crippen molar-refractivity contribution in [1.29, 1.82) is 0 Å². The molecule has 4 heteroatoms. The Bertz CT molecular complexity index is 403. The molecule has 0 bridgehead atoms. The van der Waals surface area contributed by atoms with E-state index < -0.39 is 0 Å². The predicted octanol–water partition coefficient (Wildman–Crippen LogP) is 6.91. The maximum Gasteiger partial charge on any atom is 0.305 e. The van der Waals surface area contributed by atoms with E-state index in [9.17, 15) is 9.59 Å². The van der Waals surface area contributed by atoms with Gasteiger partial charge in [0, 0.05) is 19.8 Å². The summed E-state index contributed by atoms with van der Waals surface area (Å²) in [6.45, 7) is 6.36. The largest absolute Gasteiger partial charge is 0.466 e. The molecule has 0 unspecified atom stereocenters. The Hall–Kier alpha value is -1.32. The van der Waals surface area contributed by atoms with Crippen molar-refractivity contribution >= 4 is 11.9 Å². The molecule has 0 aromatic rings. The second kappa shape index (κ2) is 20.4. The van der Waals surface area contributed by atoms with Crippen LogP contribution in [0.15, 0.2) is 12.2 Å². The molecule has 28 heavy (non-hydrogen) atoms. The number of hydrogen-bond acceptors (Lipinski definition) is 4. The molecule has 0 saturated heterocycles. The number of carbonyl (C=O) groups is 2. The molecular formula is C24H44O4. The lowest BCUT2D eigenvalue weighted by molar-refractivity contribution is -0.146. The summed E-state index contributed by atoms with van der Waals surface area (Å²) in [5.41, 5.74) is 0. The maximum absolute atomic E-state index is 11.5. The summed E-state index contributed by atoms with van der Waals surface area (Å²) >= 11 is 0. The molecule has 4 nitrogen and oxygen atoms in total. The molecule has 0 rings (SSSR count). The van der Waals surface area contributed by atoms with Gasteiger partial charge in [-0.1, -0.05) is 70.9 Å². The van der Waals surface area contributed by atoms with E-state index in [0.717, 1.165) is 51.4 Å². The molecular weight excluding hydrogens is 352 g/mol. The van der Waals surface area contributed by atoms with E-state index in [-0.39, 0.29) is 18.0 Å². The normalized spacial score (nSPS) is 12.2. The number of esters is 2. The van der Waals surface area contributed by atoms with Crippen LogP contribution in [0.25, 0.3) is 0 Å². The van der Waals surface area contributed by atoms with Crippen molar-refractivity contribution in [2.24, 2.45) is 0 Å². The molecule has 0 saturated carbocycles. The Labute approximate surface area is 173 Å². The number of ether oxygens (including phenoxy) is 2. The van der Waals surface area contributed by atoms with E-state index in [1.54, 1.807) is 0 Å². The summed E-state index contributed by atoms with van der Waals surface area (Å²) in [5.74, 6) is -0.225. The molecule has 164 valence electrons. The molecule has 0 radical (unpaired) electrons. The van der Waals surface area contributed by atoms with Crippen LogP contribution < -0.4 is 0 Å². The zero-order chi connectivity index (χ0) is 20.9. The third-order valence-electron chi connectivity index (χ3n) is 4.79. The fourth-order valence-corrected chi connectivity index (χ4v) is 3.09. The molecule has 0 aromatic heterocycles. The smallest absolute Gasteiger partial charge is 0.305 e. The Kier molecular flexibility index (Phi) is 19.5. The van der Waals surface area contributed by atoms with Crippen LogP contribution in [0.5, 0.6) is 0 Å². The van der Waals surface area contributed by atoms with Crippen LogP contribution in [-0.4, -0.2) is 24.6 Å². The first-order valence-electron chi connectivity index (χ1n) is 11.6. The highest BCUT2D eigenvalue weighted by atomic mass is 16.5. The Morgan fingerprint density at radius 3 is 2.21 bits per heavy atom. The van der Waals surface area contributed by atoms with Gasteiger partial charge < -0.3 is 9.47 Å². The van der Waals surface area contributed by atoms with Crippen molar-refractivity contribution in [1.82, 2.24) is 0 Å². The van der Waals surface area contributed by atoms with Gasteiger partial charge in [-0.25, -0.2) is 0 Å². The van der Waals surface area contributed by atoms with Crippen LogP contribution in [0.4, 0.5) is 0 Å². The molecule has 1 atom stereocenters. The van der Waals surface area contributed by atoms with Crippen molar-refractivity contribution in [3.8, 4) is 0 Å². The van der Waals surface area contributed by atoms with Gasteiger partial charge in [0.05, 0.1) is 6.61 Å². The van der Waals surface area contributed by atoms with Gasteiger partial charge in [-0.05, 0) is 38.5 Å². The van der Waals surface area contributed by atoms with Gasteiger partial charge in [0.1, 0.15) is 6.10 Å². The summed E-state index contributed by atoms with van der Waals surface area (Å²) in [4.78, 5) is 22.7. The summed E-state index contributed by atoms with van der Waals surface area (Å²) < 4.78 is 10.6. The van der Waals surface area contributed by atoms with Crippen molar-refractivity contribution in [2.45, 2.75) is 123 Å². The van der Waals surface area contributed by atoms with Crippen molar-refractivity contribution < 1.29 is 19.1 Å². The van der Waals surface area contributed by atoms with Crippen LogP contribution >= 0.6 is 0 Å². The minimum Gasteiger partial charge on any atom is -0.466 e. The van der Waals surface area contributed by atoms with E-state index in [1.165, 1.54) is 45.4 Å². The molecule has 0 amide bonds. The summed E-state index contributed by atoms with van der Waals surface area (Å²) in [5, 5.41) is 0. The number of allylic oxidation sites excluding steroid dienone is 1. The van der Waals surface area contributed by atoms with Crippen LogP contribution in [-0.2, 0) is 19.1 Å². The first-order valence-corrected chi connectivity index (χ1v) is 11.6. The van der Waals surface area contributed by atoms with Gasteiger partial charge in [-0.2, -0.15) is 0 Å². The molecule has 0 aliphatic rings. The summed E-state index contributed by atoms with van der Waals surface area (Å²) in [6.07, 6.45) is 20.2. The molecule has 0 heterocycles. The standard InChI is InChI=1S/C24H44O4/c1-4-6-8-15-18-23(28-22(3)25)19-16-13-11-9-10-12-14-17-20-24(26)27-21-7-5-2/h13,16,23H,4-12,14-15,17-21H2,1-3H3/b16-13-/t23-/m0/s1. The molecule has 0 aromatic carbocycles. The van der Waals surface area contributed by atoms with Crippen LogP contribution in [0, 0.1) is 0 Å². The molecule has 0 aliphatic carbocycles. The third kappa shape index (κ3) is 19.4. The average molecular weight is 397 g/mol. The second-order valence-corrected chi connectivity index (χ2v) is 7.67. The maximum atomic E-state index is 11.5. The quantitative estimate of drug-likeness (QED) is 0.135. The molecule has 0 fully saturated rings. The lowest BCUT2D eigenvalue weighted by Gasteiger charge is -2.15. The van der Waals surface area contributed by atoms with Crippen LogP contribution in [0.3, 0.4) is 0 Å². The fourth-order valence-electron chi connectivity index (χ4n) is 3.09. The van der Waals surface area contributed by atoms with Gasteiger partial charge in [-0.15, -0.1) is 0 Å². The summed E-state index contributed by atoms with van der Waals surface area (Å²) in [7, 11) is 0. The first kappa shape index (κ1) is 26.7. The Morgan fingerprint density at radius 1 is 0.821 bits per heavy atom. The van der Waals surface area contributed by atoms with Gasteiger partial charge >= 0.3 is 11.9 Å². The third-order valence-corrected chi connectivity index (χ3v) is 4.79. The molecule has 0 aliphatic heterocycles. The topological polar surface area (TPSA) is 52.6 Å². The van der Waals surface area contributed by atoms with Crippen LogP contribution in [0.2, 0.25) is 0 Å². The van der Waals surface area contributed by atoms with Gasteiger partial charge in [0.2, 0.25) is 0 Å². The second-order valence-electron chi connectivity index (χ2n) is 7.67. The molecule has 0 spiro atoms. The van der Waals surface area contributed by atoms with E-state index in [1.807, 2.05) is 0 Å². The van der Waals surface area contributed by atoms with E-state index in [4.69, 9.17) is 9.47 Å². The Morgan fingerprint density at radius 2 is 1.50 bits per heavy atom. The van der Waals surface area contributed by atoms with Crippen LogP contribution in [0.1, 0.15) is 117 Å². The number of carbonyl (C=O) groups excluding carboxylic acids is 2. The Balaban J connectivity index is 3.64. The highest BCUT2D eigenvalue weighted by Gasteiger charge is 2.09. The van der Waals surface area contributed by atoms with Crippen molar-refractivity contribution in [2.75, 3.05) is 6.61 Å². The SMILES string of the molecule is CCCCCC[C@@H](C/C=C\CCCCCCCC(=O)OCCCC)OC(C)=O. The van der Waals surface area contributed by atoms with E-state index >= 15 is 0 Å².